The van der Waals surface area contributed by atoms with Crippen LogP contribution in [-0.4, -0.2) is 25.3 Å². The van der Waals surface area contributed by atoms with Crippen LogP contribution in [0, 0.1) is 0 Å². The number of benzene rings is 3. The summed E-state index contributed by atoms with van der Waals surface area (Å²) in [5, 5.41) is 6.90. The molecule has 0 saturated heterocycles. The van der Waals surface area contributed by atoms with Gasteiger partial charge in [0.05, 0.1) is 18.9 Å². The summed E-state index contributed by atoms with van der Waals surface area (Å²) in [6.45, 7) is 2.40. The molecule has 5 nitrogen and oxygen atoms in total. The number of nitrogens with zero attached hydrogens (tertiary/aromatic N) is 1. The van der Waals surface area contributed by atoms with Crippen LogP contribution in [0.3, 0.4) is 0 Å². The molecule has 3 aromatic rings. The van der Waals surface area contributed by atoms with Gasteiger partial charge in [-0.2, -0.15) is 0 Å². The maximum Gasteiger partial charge on any atom is 0.261 e. The molecule has 0 fully saturated rings. The number of oxime groups is 1. The third-order valence-corrected chi connectivity index (χ3v) is 4.23. The van der Waals surface area contributed by atoms with Crippen LogP contribution in [0.25, 0.3) is 0 Å². The molecule has 5 heteroatoms. The molecule has 0 aliphatic heterocycles. The molecule has 0 atom stereocenters. The zero-order valence-electron chi connectivity index (χ0n) is 16.3. The van der Waals surface area contributed by atoms with E-state index in [0.29, 0.717) is 6.61 Å². The van der Waals surface area contributed by atoms with E-state index < -0.39 is 0 Å². The number of ether oxygens (including phenoxy) is 1. The fraction of sp³-hybridized carbons (Fsp3) is 0.167. The zero-order valence-corrected chi connectivity index (χ0v) is 16.3. The first kappa shape index (κ1) is 20.1. The van der Waals surface area contributed by atoms with Gasteiger partial charge in [0.15, 0.2) is 6.61 Å². The molecule has 0 spiro atoms. The van der Waals surface area contributed by atoms with Gasteiger partial charge in [-0.1, -0.05) is 65.8 Å². The lowest BCUT2D eigenvalue weighted by molar-refractivity contribution is -0.126. The third-order valence-electron chi connectivity index (χ3n) is 4.23. The average molecular weight is 388 g/mol. The Balaban J connectivity index is 1.56. The van der Waals surface area contributed by atoms with Gasteiger partial charge < -0.3 is 14.9 Å². The summed E-state index contributed by atoms with van der Waals surface area (Å²) in [6, 6.07) is 26.9. The van der Waals surface area contributed by atoms with Crippen LogP contribution >= 0.6 is 0 Å². The molecule has 0 unspecified atom stereocenters. The maximum atomic E-state index is 12.4. The van der Waals surface area contributed by atoms with Crippen LogP contribution in [0.2, 0.25) is 0 Å². The Morgan fingerprint density at radius 3 is 2.07 bits per heavy atom. The molecule has 3 aromatic carbocycles. The van der Waals surface area contributed by atoms with Crippen molar-refractivity contribution in [3.63, 3.8) is 0 Å². The number of carbonyl (C=O) groups excluding carboxylic acids is 1. The quantitative estimate of drug-likeness (QED) is 0.438. The van der Waals surface area contributed by atoms with Crippen molar-refractivity contribution in [2.24, 2.45) is 5.16 Å². The zero-order chi connectivity index (χ0) is 20.3. The predicted octanol–water partition coefficient (Wildman–Crippen LogP) is 4.34. The number of rotatable bonds is 9. The highest BCUT2D eigenvalue weighted by atomic mass is 16.6. The fourth-order valence-electron chi connectivity index (χ4n) is 2.86. The van der Waals surface area contributed by atoms with E-state index in [1.807, 2.05) is 91.9 Å². The van der Waals surface area contributed by atoms with Gasteiger partial charge in [0.1, 0.15) is 5.75 Å². The van der Waals surface area contributed by atoms with E-state index in [2.05, 4.69) is 10.5 Å². The van der Waals surface area contributed by atoms with Gasteiger partial charge in [0.2, 0.25) is 0 Å². The van der Waals surface area contributed by atoms with Gasteiger partial charge in [-0.25, -0.2) is 0 Å². The van der Waals surface area contributed by atoms with Crippen molar-refractivity contribution >= 4 is 12.1 Å². The van der Waals surface area contributed by atoms with Crippen LogP contribution in [0.4, 0.5) is 0 Å². The molecule has 0 saturated carbocycles. The van der Waals surface area contributed by atoms with Gasteiger partial charge in [-0.05, 0) is 47.9 Å². The Hall–Kier alpha value is -3.60. The minimum Gasteiger partial charge on any atom is -0.494 e. The minimum atomic E-state index is -0.247. The largest absolute Gasteiger partial charge is 0.494 e. The van der Waals surface area contributed by atoms with Gasteiger partial charge in [-0.3, -0.25) is 4.79 Å². The number of hydrogen-bond acceptors (Lipinski definition) is 4. The molecular formula is C24H24N2O3. The first-order valence-electron chi connectivity index (χ1n) is 9.53. The summed E-state index contributed by atoms with van der Waals surface area (Å²) in [6.07, 6.45) is 1.56. The number of hydrogen-bond donors (Lipinski definition) is 1. The molecule has 0 aliphatic rings. The summed E-state index contributed by atoms with van der Waals surface area (Å²) in [4.78, 5) is 17.6. The lowest BCUT2D eigenvalue weighted by Crippen LogP contribution is -2.31. The Labute approximate surface area is 171 Å². The summed E-state index contributed by atoms with van der Waals surface area (Å²) in [5.74, 6) is 0.560. The number of nitrogens with one attached hydrogen (secondary N) is 1. The van der Waals surface area contributed by atoms with Crippen LogP contribution in [0.1, 0.15) is 29.7 Å². The van der Waals surface area contributed by atoms with Crippen LogP contribution in [0.15, 0.2) is 90.1 Å². The van der Waals surface area contributed by atoms with Gasteiger partial charge in [0, 0.05) is 0 Å². The monoisotopic (exact) mass is 388 g/mol. The van der Waals surface area contributed by atoms with E-state index in [1.54, 1.807) is 6.21 Å². The fourth-order valence-corrected chi connectivity index (χ4v) is 2.86. The van der Waals surface area contributed by atoms with Gasteiger partial charge in [0.25, 0.3) is 5.91 Å². The Morgan fingerprint density at radius 1 is 0.931 bits per heavy atom. The molecule has 148 valence electrons. The number of carbonyl (C=O) groups is 1. The molecular weight excluding hydrogens is 364 g/mol. The smallest absolute Gasteiger partial charge is 0.261 e. The van der Waals surface area contributed by atoms with Crippen molar-refractivity contribution in [2.45, 2.75) is 13.0 Å². The van der Waals surface area contributed by atoms with Crippen molar-refractivity contribution in [1.29, 1.82) is 0 Å². The van der Waals surface area contributed by atoms with Gasteiger partial charge in [-0.15, -0.1) is 0 Å². The summed E-state index contributed by atoms with van der Waals surface area (Å²) in [7, 11) is 0. The lowest BCUT2D eigenvalue weighted by Gasteiger charge is -2.19. The normalized spacial score (nSPS) is 10.8. The Kier molecular flexibility index (Phi) is 7.41. The van der Waals surface area contributed by atoms with Crippen LogP contribution < -0.4 is 10.1 Å². The molecule has 0 radical (unpaired) electrons. The molecule has 0 bridgehead atoms. The standard InChI is InChI=1S/C24H24N2O3/c1-2-28-22-15-13-19(14-16-22)17-25-29-18-23(27)26-24(20-9-5-3-6-10-20)21-11-7-4-8-12-21/h3-17,24H,2,18H2,1H3,(H,26,27). The predicted molar refractivity (Wildman–Crippen MR) is 114 cm³/mol. The molecule has 1 amide bonds. The Bertz CT molecular complexity index is 870. The first-order chi connectivity index (χ1) is 14.3. The molecule has 1 N–H and O–H groups in total. The molecule has 3 rings (SSSR count). The van der Waals surface area contributed by atoms with E-state index in [9.17, 15) is 4.79 Å². The summed E-state index contributed by atoms with van der Waals surface area (Å²) >= 11 is 0. The highest BCUT2D eigenvalue weighted by molar-refractivity contribution is 5.80. The van der Waals surface area contributed by atoms with Crippen molar-refractivity contribution in [2.75, 3.05) is 13.2 Å². The van der Waals surface area contributed by atoms with Gasteiger partial charge >= 0.3 is 0 Å². The third kappa shape index (κ3) is 6.21. The lowest BCUT2D eigenvalue weighted by atomic mass is 9.99. The minimum absolute atomic E-state index is 0.163. The van der Waals surface area contributed by atoms with Crippen molar-refractivity contribution < 1.29 is 14.4 Å². The Morgan fingerprint density at radius 2 is 1.52 bits per heavy atom. The van der Waals surface area contributed by atoms with Crippen LogP contribution in [0.5, 0.6) is 5.75 Å². The SMILES string of the molecule is CCOc1ccc(C=NOCC(=O)NC(c2ccccc2)c2ccccc2)cc1. The average Bonchev–Trinajstić information content (AvgIpc) is 2.77. The van der Waals surface area contributed by atoms with Crippen molar-refractivity contribution in [3.05, 3.63) is 102 Å². The molecule has 29 heavy (non-hydrogen) atoms. The molecule has 0 heterocycles. The van der Waals surface area contributed by atoms with E-state index in [4.69, 9.17) is 9.57 Å². The topological polar surface area (TPSA) is 59.9 Å². The van der Waals surface area contributed by atoms with Crippen molar-refractivity contribution in [3.8, 4) is 5.75 Å². The maximum absolute atomic E-state index is 12.4. The van der Waals surface area contributed by atoms with E-state index in [0.717, 1.165) is 22.4 Å². The van der Waals surface area contributed by atoms with Crippen molar-refractivity contribution in [1.82, 2.24) is 5.32 Å². The summed E-state index contributed by atoms with van der Waals surface area (Å²) < 4.78 is 5.40. The summed E-state index contributed by atoms with van der Waals surface area (Å²) in [5.41, 5.74) is 2.87. The van der Waals surface area contributed by atoms with E-state index >= 15 is 0 Å². The van der Waals surface area contributed by atoms with E-state index in [1.165, 1.54) is 0 Å². The molecule has 0 aliphatic carbocycles. The van der Waals surface area contributed by atoms with E-state index in [-0.39, 0.29) is 18.6 Å². The highest BCUT2D eigenvalue weighted by Crippen LogP contribution is 2.21. The second kappa shape index (κ2) is 10.7. The highest BCUT2D eigenvalue weighted by Gasteiger charge is 2.16. The first-order valence-corrected chi connectivity index (χ1v) is 9.53. The second-order valence-electron chi connectivity index (χ2n) is 6.33. The van der Waals surface area contributed by atoms with Crippen LogP contribution in [-0.2, 0) is 9.63 Å². The molecule has 0 aromatic heterocycles. The number of amides is 1. The second-order valence-corrected chi connectivity index (χ2v) is 6.33.